The lowest BCUT2D eigenvalue weighted by molar-refractivity contribution is -0.120. The molecular formula is C58H66ClN11O10. The summed E-state index contributed by atoms with van der Waals surface area (Å²) in [6, 6.07) is 19.7. The molecule has 0 bridgehead atoms. The Morgan fingerprint density at radius 3 is 1.44 bits per heavy atom. The number of likely N-dealkylation sites (tertiary alicyclic amines) is 1. The number of aromatic nitrogens is 2. The molecule has 2 aromatic heterocycles. The van der Waals surface area contributed by atoms with Gasteiger partial charge in [0.15, 0.2) is 0 Å². The number of anilines is 2. The maximum atomic E-state index is 12.5. The number of carbonyl (C=O) groups is 6. The summed E-state index contributed by atoms with van der Waals surface area (Å²) in [5.41, 5.74) is 7.47. The van der Waals surface area contributed by atoms with E-state index in [9.17, 15) is 28.8 Å². The second kappa shape index (κ2) is 23.5. The smallest absolute Gasteiger partial charge is 0.415 e. The number of carbonyl (C=O) groups excluding carboxylic acids is 6. The van der Waals surface area contributed by atoms with Crippen molar-refractivity contribution >= 4 is 58.5 Å². The van der Waals surface area contributed by atoms with Crippen LogP contribution in [0.3, 0.4) is 0 Å². The number of hydrogen-bond acceptors (Lipinski definition) is 14. The highest BCUT2D eigenvalue weighted by Crippen LogP contribution is 2.64. The van der Waals surface area contributed by atoms with Crippen molar-refractivity contribution in [2.75, 3.05) is 82.9 Å². The number of ether oxygens (including phenoxy) is 4. The van der Waals surface area contributed by atoms with Crippen LogP contribution in [0.1, 0.15) is 57.1 Å². The third-order valence-corrected chi connectivity index (χ3v) is 17.1. The number of fused-ring (bicyclic) bond motifs is 8. The zero-order valence-corrected chi connectivity index (χ0v) is 46.6. The van der Waals surface area contributed by atoms with Crippen molar-refractivity contribution in [3.63, 3.8) is 0 Å². The van der Waals surface area contributed by atoms with Crippen LogP contribution in [-0.4, -0.2) is 153 Å². The van der Waals surface area contributed by atoms with E-state index in [4.69, 9.17) is 32.3 Å². The normalized spacial score (nSPS) is 27.0. The van der Waals surface area contributed by atoms with Gasteiger partial charge in [-0.15, -0.1) is 0 Å². The van der Waals surface area contributed by atoms with Gasteiger partial charge in [0, 0.05) is 75.1 Å². The number of hydrogen-bond donors (Lipinski definition) is 3. The summed E-state index contributed by atoms with van der Waals surface area (Å²) in [4.78, 5) is 93.4. The maximum Gasteiger partial charge on any atom is 0.415 e. The Morgan fingerprint density at radius 2 is 1.10 bits per heavy atom. The number of methoxy groups -OCH3 is 2. The predicted octanol–water partition coefficient (Wildman–Crippen LogP) is 7.02. The van der Waals surface area contributed by atoms with Gasteiger partial charge in [-0.1, -0.05) is 45.0 Å². The molecule has 4 aromatic rings. The van der Waals surface area contributed by atoms with Gasteiger partial charge < -0.3 is 54.4 Å². The van der Waals surface area contributed by atoms with E-state index in [-0.39, 0.29) is 60.6 Å². The van der Waals surface area contributed by atoms with Crippen LogP contribution < -0.4 is 25.8 Å². The second-order valence-electron chi connectivity index (χ2n) is 20.9. The predicted molar refractivity (Wildman–Crippen MR) is 296 cm³/mol. The minimum Gasteiger partial charge on any atom is -0.457 e. The molecule has 8 aliphatic rings. The van der Waals surface area contributed by atoms with Crippen molar-refractivity contribution in [2.45, 2.75) is 82.8 Å². The Bertz CT molecular complexity index is 3100. The van der Waals surface area contributed by atoms with E-state index in [0.29, 0.717) is 44.3 Å². The van der Waals surface area contributed by atoms with Crippen molar-refractivity contribution in [3.8, 4) is 22.3 Å². The Kier molecular flexibility index (Phi) is 16.7. The summed E-state index contributed by atoms with van der Waals surface area (Å²) in [5.74, 6) is 0.597. The molecule has 2 aromatic carbocycles. The first kappa shape index (κ1) is 56.9. The lowest BCUT2D eigenvalue weighted by atomic mass is 9.99. The van der Waals surface area contributed by atoms with Gasteiger partial charge in [0.2, 0.25) is 11.8 Å². The maximum absolute atomic E-state index is 12.5. The summed E-state index contributed by atoms with van der Waals surface area (Å²) in [7, 11) is 2.59. The van der Waals surface area contributed by atoms with Gasteiger partial charge in [0.1, 0.15) is 23.6 Å². The number of benzene rings is 2. The average molecular weight is 1110 g/mol. The monoisotopic (exact) mass is 1110 g/mol. The van der Waals surface area contributed by atoms with E-state index in [1.807, 2.05) is 54.7 Å². The molecule has 0 radical (unpaired) electrons. The number of piperidine rings is 2. The number of cyclic esters (lactones) is 2. The number of nitrogens with one attached hydrogen (secondary N) is 3. The standard InChI is InChI=1S/C26H25N5O5.C24H23N5O3.C6H15N.C2H3ClO2/c1-14(32)28-11-22-21-9-17-8-15(4-6-20(17)31(21)25(34)36-22)16-5-7-23(29-10-16)26(27-2)18-12-30(13-19(18)26)24(33)35-3;1-13(30)27-12-21-20-8-16-7-14(3-5-19(16)29(20)23(31)32-21)15-4-6-22(28-9-15)24(25-2)17-10-26-11-18(17)24;1-4-7(5-2)6-3;1-5-2(3)4/h4-8,10,18-19,21-22H,9,11-13H2,1,3H3,(H,28,32);3-7,9,17-18,20-21,26H,8,10-12H2,1H3,(H,27,30);4-6H2,1-3H3;1H3/t18-,19+,21-,22-,26?;17-,18+,20-,21-,24?;;/m00../s1. The summed E-state index contributed by atoms with van der Waals surface area (Å²) in [5, 5.41) is 8.84. The molecule has 21 nitrogen and oxygen atoms in total. The van der Waals surface area contributed by atoms with Crippen LogP contribution in [0.15, 0.2) is 73.1 Å². The molecule has 420 valence electrons. The summed E-state index contributed by atoms with van der Waals surface area (Å²) in [6.07, 6.45) is 3.12. The van der Waals surface area contributed by atoms with E-state index in [1.165, 1.54) is 47.7 Å². The molecular weight excluding hydrogens is 1050 g/mol. The number of nitrogens with zero attached hydrogens (tertiary/aromatic N) is 8. The minimum absolute atomic E-state index is 0.0751. The largest absolute Gasteiger partial charge is 0.457 e. The van der Waals surface area contributed by atoms with Gasteiger partial charge >= 0.3 is 23.7 Å². The van der Waals surface area contributed by atoms with Crippen LogP contribution in [0, 0.1) is 36.8 Å². The molecule has 80 heavy (non-hydrogen) atoms. The Balaban J connectivity index is 0.000000162. The van der Waals surface area contributed by atoms with Crippen molar-refractivity contribution in [1.82, 2.24) is 35.7 Å². The lowest BCUT2D eigenvalue weighted by Crippen LogP contribution is -2.40. The van der Waals surface area contributed by atoms with Gasteiger partial charge in [0.25, 0.3) is 11.1 Å². The van der Waals surface area contributed by atoms with Gasteiger partial charge in [-0.25, -0.2) is 32.3 Å². The SMILES string of the molecule is CCN(CC)CC.COC(=O)Cl.[C-]#[N+]C1(c2ccc(-c3ccc4c(c3)C[C@H]3[C@H](CNC(C)=O)OC(=O)N43)cn2)[C@@H]2CN(C(=O)OC)C[C@@H]21.[C-]#[N+]C1(c2ccc(-c3ccc4c(c3)C[C@H]3[C@H](CNC(C)=O)OC(=O)N43)cn2)[C@@H]2CNC[C@@H]21. The lowest BCUT2D eigenvalue weighted by Gasteiger charge is -2.19. The van der Waals surface area contributed by atoms with Gasteiger partial charge in [-0.05, 0) is 91.1 Å². The molecule has 3 N–H and O–H groups in total. The summed E-state index contributed by atoms with van der Waals surface area (Å²) >= 11 is 4.60. The zero-order valence-electron chi connectivity index (χ0n) is 45.9. The molecule has 6 aliphatic heterocycles. The molecule has 10 atom stereocenters. The molecule has 2 saturated carbocycles. The van der Waals surface area contributed by atoms with E-state index in [0.717, 1.165) is 69.2 Å². The van der Waals surface area contributed by atoms with Gasteiger partial charge in [0.05, 0.1) is 74.4 Å². The minimum atomic E-state index is -0.773. The van der Waals surface area contributed by atoms with Gasteiger partial charge in [-0.3, -0.25) is 29.4 Å². The fourth-order valence-electron chi connectivity index (χ4n) is 12.6. The third-order valence-electron chi connectivity index (χ3n) is 17.0. The molecule has 22 heteroatoms. The Morgan fingerprint density at radius 1 is 0.688 bits per heavy atom. The molecule has 2 unspecified atom stereocenters. The number of rotatable bonds is 11. The molecule has 0 spiro atoms. The Hall–Kier alpha value is -7.85. The van der Waals surface area contributed by atoms with Crippen LogP contribution in [0.2, 0.25) is 0 Å². The Labute approximate surface area is 470 Å². The highest BCUT2D eigenvalue weighted by molar-refractivity contribution is 6.61. The molecule has 6 fully saturated rings. The van der Waals surface area contributed by atoms with Crippen molar-refractivity contribution in [3.05, 3.63) is 118 Å². The molecule has 2 aliphatic carbocycles. The van der Waals surface area contributed by atoms with Crippen LogP contribution in [0.5, 0.6) is 0 Å². The fourth-order valence-corrected chi connectivity index (χ4v) is 12.6. The van der Waals surface area contributed by atoms with Crippen LogP contribution in [0.25, 0.3) is 31.9 Å². The molecule has 8 heterocycles. The first-order chi connectivity index (χ1) is 38.5. The van der Waals surface area contributed by atoms with E-state index >= 15 is 0 Å². The number of pyridine rings is 2. The first-order valence-electron chi connectivity index (χ1n) is 27.0. The first-order valence-corrected chi connectivity index (χ1v) is 27.3. The average Bonchev–Trinajstić information content (AvgIpc) is 4.15. The zero-order chi connectivity index (χ0) is 57.2. The molecule has 5 amide bonds. The fraction of sp³-hybridized carbons (Fsp3) is 0.483. The van der Waals surface area contributed by atoms with Crippen LogP contribution in [-0.2, 0) is 52.5 Å². The van der Waals surface area contributed by atoms with Gasteiger partial charge in [-0.2, -0.15) is 0 Å². The van der Waals surface area contributed by atoms with Crippen molar-refractivity contribution < 1.29 is 47.7 Å². The van der Waals surface area contributed by atoms with Crippen LogP contribution in [0.4, 0.5) is 30.6 Å². The quantitative estimate of drug-likeness (QED) is 0.0781. The topological polar surface area (TPSA) is 223 Å². The van der Waals surface area contributed by atoms with E-state index in [2.05, 4.69) is 84.8 Å². The van der Waals surface area contributed by atoms with Crippen molar-refractivity contribution in [1.29, 1.82) is 0 Å². The van der Waals surface area contributed by atoms with Crippen molar-refractivity contribution in [2.24, 2.45) is 23.7 Å². The third kappa shape index (κ3) is 10.6. The second-order valence-corrected chi connectivity index (χ2v) is 21.3. The number of halogens is 1. The molecule has 4 saturated heterocycles. The summed E-state index contributed by atoms with van der Waals surface area (Å²) in [6.45, 7) is 32.0. The summed E-state index contributed by atoms with van der Waals surface area (Å²) < 4.78 is 19.6. The van der Waals surface area contributed by atoms with E-state index in [1.54, 1.807) is 20.9 Å². The van der Waals surface area contributed by atoms with Crippen LogP contribution >= 0.6 is 11.6 Å². The number of amides is 5. The highest BCUT2D eigenvalue weighted by Gasteiger charge is 2.78. The molecule has 12 rings (SSSR count). The van der Waals surface area contributed by atoms with E-state index < -0.39 is 28.7 Å². The highest BCUT2D eigenvalue weighted by atomic mass is 35.5.